The van der Waals surface area contributed by atoms with E-state index in [9.17, 15) is 29.4 Å². The second-order valence-corrected chi connectivity index (χ2v) is 11.6. The maximum atomic E-state index is 13.3. The molecule has 4 N–H and O–H groups in total. The number of benzene rings is 4. The number of hydrogen-bond acceptors (Lipinski definition) is 8. The first-order valence-corrected chi connectivity index (χ1v) is 15.7. The normalized spacial score (nSPS) is 14.0. The summed E-state index contributed by atoms with van der Waals surface area (Å²) in [5.41, 5.74) is -2.96. The molecule has 0 saturated carbocycles. The van der Waals surface area contributed by atoms with Crippen LogP contribution < -0.4 is 10.6 Å². The summed E-state index contributed by atoms with van der Waals surface area (Å²) in [4.78, 5) is 51.5. The van der Waals surface area contributed by atoms with E-state index in [1.165, 1.54) is 0 Å². The van der Waals surface area contributed by atoms with Gasteiger partial charge in [0.2, 0.25) is 11.6 Å². The summed E-state index contributed by atoms with van der Waals surface area (Å²) in [6, 6.07) is 33.3. The van der Waals surface area contributed by atoms with Gasteiger partial charge >= 0.3 is 12.2 Å². The molecule has 2 amide bonds. The van der Waals surface area contributed by atoms with Crippen molar-refractivity contribution in [3.63, 3.8) is 0 Å². The molecule has 4 rings (SSSR count). The molecule has 0 aromatic heterocycles. The Morgan fingerprint density at radius 1 is 0.604 bits per heavy atom. The van der Waals surface area contributed by atoms with Gasteiger partial charge in [-0.25, -0.2) is 9.59 Å². The van der Waals surface area contributed by atoms with E-state index in [0.29, 0.717) is 24.0 Å². The SMILES string of the molecule is CC(CCCNC(=O)OCC(O)(C(=O)c1ccccc1)c1ccccc1)CNC(=O)OCC(O)(C(=O)c1ccccc1)c1ccccc1. The zero-order chi connectivity index (χ0) is 34.4. The van der Waals surface area contributed by atoms with Crippen molar-refractivity contribution in [2.24, 2.45) is 5.92 Å². The minimum atomic E-state index is -2.07. The molecule has 3 unspecified atom stereocenters. The molecule has 0 aliphatic heterocycles. The van der Waals surface area contributed by atoms with E-state index >= 15 is 0 Å². The molecule has 0 aliphatic rings. The van der Waals surface area contributed by atoms with Crippen molar-refractivity contribution in [2.75, 3.05) is 26.3 Å². The van der Waals surface area contributed by atoms with Gasteiger partial charge in [0.25, 0.3) is 0 Å². The fraction of sp³-hybridized carbons (Fsp3) is 0.263. The standard InChI is InChI=1S/C38H40N2O8/c1-28(25-40-36(44)48-27-38(46,32-22-12-5-13-23-32)34(42)30-18-8-3-9-19-30)15-14-24-39-35(43)47-26-37(45,31-20-10-4-11-21-31)33(41)29-16-6-2-7-17-29/h2-13,16-23,28,45-46H,14-15,24-27H2,1H3,(H,39,43)(H,40,44). The highest BCUT2D eigenvalue weighted by molar-refractivity contribution is 6.03. The van der Waals surface area contributed by atoms with Crippen LogP contribution in [-0.4, -0.2) is 60.3 Å². The van der Waals surface area contributed by atoms with Crippen LogP contribution in [0, 0.1) is 5.92 Å². The Morgan fingerprint density at radius 2 is 0.979 bits per heavy atom. The summed E-state index contributed by atoms with van der Waals surface area (Å²) in [6.07, 6.45) is -0.384. The van der Waals surface area contributed by atoms with Crippen LogP contribution in [0.1, 0.15) is 51.6 Å². The molecule has 4 aromatic rings. The first-order valence-electron chi connectivity index (χ1n) is 15.7. The second-order valence-electron chi connectivity index (χ2n) is 11.6. The van der Waals surface area contributed by atoms with Crippen molar-refractivity contribution in [3.05, 3.63) is 144 Å². The number of carbonyl (C=O) groups is 4. The Balaban J connectivity index is 1.20. The predicted octanol–water partition coefficient (Wildman–Crippen LogP) is 5.40. The van der Waals surface area contributed by atoms with E-state index in [0.717, 1.165) is 0 Å². The van der Waals surface area contributed by atoms with E-state index in [1.807, 2.05) is 6.92 Å². The molecule has 0 aliphatic carbocycles. The number of carbonyl (C=O) groups excluding carboxylic acids is 4. The molecular formula is C38H40N2O8. The van der Waals surface area contributed by atoms with Gasteiger partial charge in [0.15, 0.2) is 11.2 Å². The number of nitrogens with one attached hydrogen (secondary N) is 2. The number of Topliss-reactive ketones (excluding diaryl/α,β-unsaturated/α-hetero) is 2. The third-order valence-electron chi connectivity index (χ3n) is 7.89. The molecule has 4 aromatic carbocycles. The lowest BCUT2D eigenvalue weighted by atomic mass is 9.86. The molecule has 0 heterocycles. The summed E-state index contributed by atoms with van der Waals surface area (Å²) >= 11 is 0. The molecule has 0 saturated heterocycles. The Bertz CT molecular complexity index is 1640. The summed E-state index contributed by atoms with van der Waals surface area (Å²) in [6.45, 7) is 1.27. The zero-order valence-corrected chi connectivity index (χ0v) is 26.7. The number of rotatable bonds is 16. The van der Waals surface area contributed by atoms with E-state index < -0.39 is 48.2 Å². The molecule has 0 bridgehead atoms. The zero-order valence-electron chi connectivity index (χ0n) is 26.7. The Labute approximate surface area is 279 Å². The van der Waals surface area contributed by atoms with Crippen LogP contribution >= 0.6 is 0 Å². The summed E-state index contributed by atoms with van der Waals surface area (Å²) in [5, 5.41) is 28.1. The Kier molecular flexibility index (Phi) is 12.6. The third-order valence-corrected chi connectivity index (χ3v) is 7.89. The van der Waals surface area contributed by atoms with Gasteiger partial charge in [0, 0.05) is 24.2 Å². The van der Waals surface area contributed by atoms with Gasteiger partial charge < -0.3 is 30.3 Å². The predicted molar refractivity (Wildman–Crippen MR) is 179 cm³/mol. The van der Waals surface area contributed by atoms with Crippen LogP contribution in [0.25, 0.3) is 0 Å². The lowest BCUT2D eigenvalue weighted by Gasteiger charge is -2.27. The van der Waals surface area contributed by atoms with Crippen LogP contribution in [-0.2, 0) is 20.7 Å². The lowest BCUT2D eigenvalue weighted by Crippen LogP contribution is -2.43. The molecule has 3 atom stereocenters. The first kappa shape index (κ1) is 35.5. The second kappa shape index (κ2) is 17.0. The molecule has 0 radical (unpaired) electrons. The van der Waals surface area contributed by atoms with Crippen molar-refractivity contribution in [1.29, 1.82) is 0 Å². The molecule has 10 heteroatoms. The van der Waals surface area contributed by atoms with Crippen molar-refractivity contribution in [2.45, 2.75) is 31.0 Å². The van der Waals surface area contributed by atoms with Crippen LogP contribution in [0.15, 0.2) is 121 Å². The molecular weight excluding hydrogens is 612 g/mol. The molecule has 10 nitrogen and oxygen atoms in total. The Hall–Kier alpha value is -5.32. The van der Waals surface area contributed by atoms with Gasteiger partial charge in [0.1, 0.15) is 13.2 Å². The highest BCUT2D eigenvalue weighted by atomic mass is 16.6. The van der Waals surface area contributed by atoms with E-state index in [-0.39, 0.29) is 30.1 Å². The van der Waals surface area contributed by atoms with Crippen LogP contribution in [0.4, 0.5) is 9.59 Å². The van der Waals surface area contributed by atoms with Crippen LogP contribution in [0.2, 0.25) is 0 Å². The van der Waals surface area contributed by atoms with Crippen LogP contribution in [0.5, 0.6) is 0 Å². The maximum Gasteiger partial charge on any atom is 0.407 e. The number of ether oxygens (including phenoxy) is 2. The van der Waals surface area contributed by atoms with Gasteiger partial charge in [-0.05, 0) is 29.9 Å². The van der Waals surface area contributed by atoms with Gasteiger partial charge in [-0.1, -0.05) is 128 Å². The number of ketones is 2. The van der Waals surface area contributed by atoms with E-state index in [4.69, 9.17) is 9.47 Å². The smallest absolute Gasteiger partial charge is 0.407 e. The molecule has 0 spiro atoms. The van der Waals surface area contributed by atoms with Gasteiger partial charge in [-0.3, -0.25) is 9.59 Å². The Morgan fingerprint density at radius 3 is 1.40 bits per heavy atom. The summed E-state index contributed by atoms with van der Waals surface area (Å²) in [7, 11) is 0. The third kappa shape index (κ3) is 9.37. The van der Waals surface area contributed by atoms with Gasteiger partial charge in [-0.15, -0.1) is 0 Å². The first-order chi connectivity index (χ1) is 23.1. The lowest BCUT2D eigenvalue weighted by molar-refractivity contribution is -0.0105. The van der Waals surface area contributed by atoms with Crippen molar-refractivity contribution >= 4 is 23.8 Å². The van der Waals surface area contributed by atoms with Crippen molar-refractivity contribution in [1.82, 2.24) is 10.6 Å². The van der Waals surface area contributed by atoms with Crippen molar-refractivity contribution < 1.29 is 38.9 Å². The minimum absolute atomic E-state index is 0.000921. The molecule has 0 fully saturated rings. The van der Waals surface area contributed by atoms with Gasteiger partial charge in [-0.2, -0.15) is 0 Å². The summed E-state index contributed by atoms with van der Waals surface area (Å²) < 4.78 is 10.6. The number of alkyl carbamates (subject to hydrolysis) is 2. The molecule has 48 heavy (non-hydrogen) atoms. The fourth-order valence-corrected chi connectivity index (χ4v) is 5.09. The van der Waals surface area contributed by atoms with Crippen molar-refractivity contribution in [3.8, 4) is 0 Å². The average molecular weight is 653 g/mol. The number of aliphatic hydroxyl groups is 2. The summed E-state index contributed by atoms with van der Waals surface area (Å²) in [5.74, 6) is -1.18. The molecule has 250 valence electrons. The minimum Gasteiger partial charge on any atom is -0.446 e. The quantitative estimate of drug-likeness (QED) is 0.0929. The highest BCUT2D eigenvalue weighted by Gasteiger charge is 2.41. The number of hydrogen-bond donors (Lipinski definition) is 4. The average Bonchev–Trinajstić information content (AvgIpc) is 3.14. The maximum absolute atomic E-state index is 13.3. The fourth-order valence-electron chi connectivity index (χ4n) is 5.09. The highest BCUT2D eigenvalue weighted by Crippen LogP contribution is 2.28. The topological polar surface area (TPSA) is 151 Å². The van der Waals surface area contributed by atoms with E-state index in [2.05, 4.69) is 10.6 Å². The number of amides is 2. The monoisotopic (exact) mass is 652 g/mol. The van der Waals surface area contributed by atoms with Gasteiger partial charge in [0.05, 0.1) is 0 Å². The van der Waals surface area contributed by atoms with E-state index in [1.54, 1.807) is 121 Å². The van der Waals surface area contributed by atoms with Crippen LogP contribution in [0.3, 0.4) is 0 Å². The largest absolute Gasteiger partial charge is 0.446 e.